The van der Waals surface area contributed by atoms with Crippen molar-refractivity contribution in [3.63, 3.8) is 0 Å². The largest absolute Gasteiger partial charge is 0.481 e. The number of rotatable bonds is 4. The van der Waals surface area contributed by atoms with Crippen molar-refractivity contribution in [1.29, 1.82) is 0 Å². The summed E-state index contributed by atoms with van der Waals surface area (Å²) in [6.07, 6.45) is -3.42. The molecule has 1 saturated carbocycles. The van der Waals surface area contributed by atoms with Gasteiger partial charge in [0.05, 0.1) is 16.8 Å². The second kappa shape index (κ2) is 4.22. The highest BCUT2D eigenvalue weighted by molar-refractivity contribution is 7.11. The van der Waals surface area contributed by atoms with E-state index in [1.165, 1.54) is 6.20 Å². The standard InChI is InChI=1S/C11H12F3NO2S/c1-6-5-15-9(18-6)7(4-8(16)17)10(2-3-10)11(12,13)14/h5,7H,2-4H2,1H3,(H,16,17). The molecular weight excluding hydrogens is 267 g/mol. The summed E-state index contributed by atoms with van der Waals surface area (Å²) in [5.41, 5.74) is -1.88. The van der Waals surface area contributed by atoms with Crippen LogP contribution in [0, 0.1) is 12.3 Å². The van der Waals surface area contributed by atoms with E-state index in [1.807, 2.05) is 0 Å². The molecule has 0 saturated heterocycles. The lowest BCUT2D eigenvalue weighted by atomic mass is 9.86. The van der Waals surface area contributed by atoms with Crippen molar-refractivity contribution in [3.8, 4) is 0 Å². The molecule has 1 aromatic heterocycles. The van der Waals surface area contributed by atoms with Crippen molar-refractivity contribution in [2.45, 2.75) is 38.3 Å². The van der Waals surface area contributed by atoms with Gasteiger partial charge in [0.15, 0.2) is 0 Å². The van der Waals surface area contributed by atoms with Gasteiger partial charge in [-0.1, -0.05) is 0 Å². The Hall–Kier alpha value is -1.11. The monoisotopic (exact) mass is 279 g/mol. The van der Waals surface area contributed by atoms with E-state index in [2.05, 4.69) is 4.98 Å². The smallest absolute Gasteiger partial charge is 0.395 e. The van der Waals surface area contributed by atoms with E-state index < -0.39 is 29.9 Å². The molecule has 1 aliphatic carbocycles. The molecule has 18 heavy (non-hydrogen) atoms. The van der Waals surface area contributed by atoms with Crippen LogP contribution in [0.15, 0.2) is 6.20 Å². The first-order valence-electron chi connectivity index (χ1n) is 5.47. The minimum absolute atomic E-state index is 0.00687. The van der Waals surface area contributed by atoms with Gasteiger partial charge in [0.2, 0.25) is 0 Å². The van der Waals surface area contributed by atoms with Gasteiger partial charge in [-0.05, 0) is 19.8 Å². The van der Waals surface area contributed by atoms with E-state index in [9.17, 15) is 18.0 Å². The first-order valence-corrected chi connectivity index (χ1v) is 6.29. The molecular formula is C11H12F3NO2S. The molecule has 7 heteroatoms. The Bertz CT molecular complexity index is 465. The van der Waals surface area contributed by atoms with Gasteiger partial charge < -0.3 is 5.11 Å². The summed E-state index contributed by atoms with van der Waals surface area (Å²) in [4.78, 5) is 15.5. The van der Waals surface area contributed by atoms with Crippen LogP contribution in [-0.2, 0) is 4.79 Å². The Labute approximate surface area is 106 Å². The topological polar surface area (TPSA) is 50.2 Å². The molecule has 3 nitrogen and oxygen atoms in total. The molecule has 100 valence electrons. The van der Waals surface area contributed by atoms with Crippen molar-refractivity contribution in [2.24, 2.45) is 5.41 Å². The third-order valence-electron chi connectivity index (χ3n) is 3.34. The molecule has 0 aliphatic heterocycles. The maximum atomic E-state index is 13.1. The summed E-state index contributed by atoms with van der Waals surface area (Å²) in [7, 11) is 0. The van der Waals surface area contributed by atoms with Crippen molar-refractivity contribution in [1.82, 2.24) is 4.98 Å². The lowest BCUT2D eigenvalue weighted by molar-refractivity contribution is -0.195. The number of aliphatic carboxylic acids is 1. The molecule has 1 atom stereocenters. The molecule has 1 N–H and O–H groups in total. The van der Waals surface area contributed by atoms with E-state index >= 15 is 0 Å². The van der Waals surface area contributed by atoms with Gasteiger partial charge in [-0.15, -0.1) is 11.3 Å². The third-order valence-corrected chi connectivity index (χ3v) is 4.36. The summed E-state index contributed by atoms with van der Waals surface area (Å²) < 4.78 is 39.2. The van der Waals surface area contributed by atoms with Crippen LogP contribution >= 0.6 is 11.3 Å². The molecule has 0 spiro atoms. The molecule has 1 aliphatic rings. The van der Waals surface area contributed by atoms with Gasteiger partial charge in [-0.3, -0.25) is 4.79 Å². The number of carboxylic acids is 1. The van der Waals surface area contributed by atoms with Gasteiger partial charge in [-0.2, -0.15) is 13.2 Å². The van der Waals surface area contributed by atoms with Crippen molar-refractivity contribution in [2.75, 3.05) is 0 Å². The zero-order valence-corrected chi connectivity index (χ0v) is 10.4. The van der Waals surface area contributed by atoms with Crippen LogP contribution in [0.4, 0.5) is 13.2 Å². The Morgan fingerprint density at radius 1 is 1.61 bits per heavy atom. The molecule has 0 amide bonds. The highest BCUT2D eigenvalue weighted by Gasteiger charge is 2.68. The first kappa shape index (κ1) is 13.3. The fourth-order valence-corrected chi connectivity index (χ4v) is 3.18. The maximum absolute atomic E-state index is 13.1. The number of hydrogen-bond donors (Lipinski definition) is 1. The lowest BCUT2D eigenvalue weighted by Crippen LogP contribution is -2.32. The number of halogens is 3. The predicted molar refractivity (Wildman–Crippen MR) is 59.6 cm³/mol. The average Bonchev–Trinajstić information content (AvgIpc) is 2.93. The molecule has 0 aromatic carbocycles. The number of thiazole rings is 1. The van der Waals surface area contributed by atoms with Crippen LogP contribution in [0.1, 0.15) is 35.1 Å². The zero-order valence-electron chi connectivity index (χ0n) is 9.62. The third kappa shape index (κ3) is 2.23. The highest BCUT2D eigenvalue weighted by Crippen LogP contribution is 2.66. The zero-order chi connectivity index (χ0) is 13.6. The predicted octanol–water partition coefficient (Wildman–Crippen LogP) is 3.35. The normalized spacial score (nSPS) is 19.6. The van der Waals surface area contributed by atoms with E-state index in [-0.39, 0.29) is 17.8 Å². The molecule has 1 aromatic rings. The Morgan fingerprint density at radius 2 is 2.22 bits per heavy atom. The molecule has 0 radical (unpaired) electrons. The quantitative estimate of drug-likeness (QED) is 0.919. The second-order valence-electron chi connectivity index (χ2n) is 4.61. The number of aromatic nitrogens is 1. The van der Waals surface area contributed by atoms with E-state index in [1.54, 1.807) is 6.92 Å². The number of carboxylic acid groups (broad SMARTS) is 1. The van der Waals surface area contributed by atoms with Crippen LogP contribution in [0.2, 0.25) is 0 Å². The van der Waals surface area contributed by atoms with Crippen molar-refractivity contribution >= 4 is 17.3 Å². The fraction of sp³-hybridized carbons (Fsp3) is 0.636. The SMILES string of the molecule is Cc1cnc(C(CC(=O)O)C2(C(F)(F)F)CC2)s1. The van der Waals surface area contributed by atoms with Crippen molar-refractivity contribution in [3.05, 3.63) is 16.1 Å². The Balaban J connectivity index is 2.35. The summed E-state index contributed by atoms with van der Waals surface area (Å²) in [5.74, 6) is -2.28. The lowest BCUT2D eigenvalue weighted by Gasteiger charge is -2.26. The van der Waals surface area contributed by atoms with Crippen LogP contribution in [0.3, 0.4) is 0 Å². The minimum Gasteiger partial charge on any atom is -0.481 e. The second-order valence-corrected chi connectivity index (χ2v) is 5.88. The average molecular weight is 279 g/mol. The summed E-state index contributed by atoms with van der Waals surface area (Å²) in [5, 5.41) is 9.10. The molecule has 1 fully saturated rings. The number of hydrogen-bond acceptors (Lipinski definition) is 3. The van der Waals surface area contributed by atoms with Gasteiger partial charge in [-0.25, -0.2) is 4.98 Å². The molecule has 2 rings (SSSR count). The van der Waals surface area contributed by atoms with Crippen LogP contribution < -0.4 is 0 Å². The number of alkyl halides is 3. The van der Waals surface area contributed by atoms with Gasteiger partial charge >= 0.3 is 12.1 Å². The minimum atomic E-state index is -4.37. The van der Waals surface area contributed by atoms with Gasteiger partial charge in [0.25, 0.3) is 0 Å². The van der Waals surface area contributed by atoms with Crippen LogP contribution in [0.25, 0.3) is 0 Å². The Morgan fingerprint density at radius 3 is 2.56 bits per heavy atom. The first-order chi connectivity index (χ1) is 8.26. The molecule has 1 heterocycles. The number of aryl methyl sites for hydroxylation is 1. The van der Waals surface area contributed by atoms with E-state index in [4.69, 9.17) is 5.11 Å². The Kier molecular flexibility index (Phi) is 3.12. The maximum Gasteiger partial charge on any atom is 0.395 e. The van der Waals surface area contributed by atoms with E-state index in [0.717, 1.165) is 16.2 Å². The fourth-order valence-electron chi connectivity index (χ4n) is 2.19. The summed E-state index contributed by atoms with van der Waals surface area (Å²) >= 11 is 1.15. The summed E-state index contributed by atoms with van der Waals surface area (Å²) in [6, 6.07) is 0. The molecule has 1 unspecified atom stereocenters. The van der Waals surface area contributed by atoms with Gasteiger partial charge in [0.1, 0.15) is 0 Å². The highest BCUT2D eigenvalue weighted by atomic mass is 32.1. The van der Waals surface area contributed by atoms with E-state index in [0.29, 0.717) is 0 Å². The number of carbonyl (C=O) groups is 1. The molecule has 0 bridgehead atoms. The number of nitrogens with zero attached hydrogens (tertiary/aromatic N) is 1. The van der Waals surface area contributed by atoms with Gasteiger partial charge in [0, 0.05) is 17.0 Å². The summed E-state index contributed by atoms with van der Waals surface area (Å²) in [6.45, 7) is 1.74. The van der Waals surface area contributed by atoms with Crippen LogP contribution in [0.5, 0.6) is 0 Å². The van der Waals surface area contributed by atoms with Crippen LogP contribution in [-0.4, -0.2) is 22.2 Å². The van der Waals surface area contributed by atoms with Crippen molar-refractivity contribution < 1.29 is 23.1 Å².